The largest absolute Gasteiger partial charge is 0.382 e. The van der Waals surface area contributed by atoms with Crippen molar-refractivity contribution in [2.24, 2.45) is 0 Å². The number of hydrogen-bond acceptors (Lipinski definition) is 4. The molecule has 0 N–H and O–H groups in total. The molecule has 0 radical (unpaired) electrons. The Balaban J connectivity index is 2.29. The van der Waals surface area contributed by atoms with Crippen molar-refractivity contribution in [2.45, 2.75) is 4.71 Å². The van der Waals surface area contributed by atoms with Gasteiger partial charge in [-0.3, -0.25) is 9.69 Å². The van der Waals surface area contributed by atoms with Crippen molar-refractivity contribution < 1.29 is 4.79 Å². The third kappa shape index (κ3) is 2.87. The number of carbonyl (C=O) groups excluding carboxylic acids is 1. The van der Waals surface area contributed by atoms with Crippen LogP contribution in [-0.2, 0) is 4.79 Å². The van der Waals surface area contributed by atoms with E-state index in [1.54, 1.807) is 4.90 Å². The Labute approximate surface area is 125 Å². The van der Waals surface area contributed by atoms with Gasteiger partial charge in [-0.25, -0.2) is 0 Å². The van der Waals surface area contributed by atoms with Crippen molar-refractivity contribution in [1.82, 2.24) is 4.90 Å². The summed E-state index contributed by atoms with van der Waals surface area (Å²) in [6.45, 7) is 0. The molecule has 6 heteroatoms. The van der Waals surface area contributed by atoms with E-state index in [0.717, 1.165) is 10.2 Å². The second kappa shape index (κ2) is 5.59. The maximum absolute atomic E-state index is 12.3. The number of thioether (sulfide) groups is 1. The van der Waals surface area contributed by atoms with Crippen molar-refractivity contribution in [3.63, 3.8) is 0 Å². The van der Waals surface area contributed by atoms with Crippen molar-refractivity contribution in [3.8, 4) is 0 Å². The standard InChI is InChI=1S/C12H13BrN2OS2/c1-14(2)7-10-11(16)15(12(17)18-10)9-5-3-8(13)4-6-9/h3-7,12,17H,1-2H3. The van der Waals surface area contributed by atoms with Gasteiger partial charge >= 0.3 is 0 Å². The van der Waals surface area contributed by atoms with Crippen molar-refractivity contribution >= 4 is 51.9 Å². The van der Waals surface area contributed by atoms with Gasteiger partial charge in [0.2, 0.25) is 0 Å². The lowest BCUT2D eigenvalue weighted by Gasteiger charge is -2.19. The van der Waals surface area contributed by atoms with E-state index in [2.05, 4.69) is 28.6 Å². The Morgan fingerprint density at radius 2 is 2.00 bits per heavy atom. The average molecular weight is 345 g/mol. The zero-order valence-electron chi connectivity index (χ0n) is 10.0. The van der Waals surface area contributed by atoms with Crippen molar-refractivity contribution in [2.75, 3.05) is 19.0 Å². The second-order valence-electron chi connectivity index (χ2n) is 4.05. The van der Waals surface area contributed by atoms with E-state index in [4.69, 9.17) is 0 Å². The third-order valence-electron chi connectivity index (χ3n) is 2.36. The Bertz CT molecular complexity index is 487. The van der Waals surface area contributed by atoms with Gasteiger partial charge in [0, 0.05) is 30.5 Å². The van der Waals surface area contributed by atoms with Crippen LogP contribution in [0.5, 0.6) is 0 Å². The van der Waals surface area contributed by atoms with Crippen LogP contribution in [0.2, 0.25) is 0 Å². The first-order valence-corrected chi connectivity index (χ1v) is 7.50. The highest BCUT2D eigenvalue weighted by Gasteiger charge is 2.35. The zero-order chi connectivity index (χ0) is 13.3. The molecule has 1 fully saturated rings. The molecule has 1 amide bonds. The summed E-state index contributed by atoms with van der Waals surface area (Å²) >= 11 is 9.30. The molecule has 3 nitrogen and oxygen atoms in total. The average Bonchev–Trinajstić information content (AvgIpc) is 2.55. The first-order chi connectivity index (χ1) is 8.49. The maximum atomic E-state index is 12.3. The van der Waals surface area contributed by atoms with E-state index in [1.165, 1.54) is 11.8 Å². The van der Waals surface area contributed by atoms with Crippen LogP contribution < -0.4 is 4.90 Å². The van der Waals surface area contributed by atoms with Crippen LogP contribution in [0.3, 0.4) is 0 Å². The van der Waals surface area contributed by atoms with Crippen molar-refractivity contribution in [3.05, 3.63) is 39.8 Å². The van der Waals surface area contributed by atoms with E-state index < -0.39 is 0 Å². The van der Waals surface area contributed by atoms with Gasteiger partial charge in [0.15, 0.2) is 0 Å². The summed E-state index contributed by atoms with van der Waals surface area (Å²) in [7, 11) is 3.80. The molecule has 96 valence electrons. The van der Waals surface area contributed by atoms with E-state index in [0.29, 0.717) is 4.91 Å². The van der Waals surface area contributed by atoms with E-state index in [9.17, 15) is 4.79 Å². The van der Waals surface area contributed by atoms with Crippen LogP contribution in [0.1, 0.15) is 0 Å². The number of thiol groups is 1. The molecule has 0 bridgehead atoms. The van der Waals surface area contributed by atoms with Crippen LogP contribution in [0, 0.1) is 0 Å². The molecule has 18 heavy (non-hydrogen) atoms. The molecule has 1 heterocycles. The van der Waals surface area contributed by atoms with Gasteiger partial charge in [0.05, 0.1) is 4.91 Å². The topological polar surface area (TPSA) is 23.6 Å². The number of rotatable bonds is 2. The highest BCUT2D eigenvalue weighted by Crippen LogP contribution is 2.40. The lowest BCUT2D eigenvalue weighted by molar-refractivity contribution is -0.114. The monoisotopic (exact) mass is 344 g/mol. The van der Waals surface area contributed by atoms with Crippen LogP contribution in [-0.4, -0.2) is 29.6 Å². The molecule has 0 spiro atoms. The molecule has 0 saturated carbocycles. The maximum Gasteiger partial charge on any atom is 0.267 e. The summed E-state index contributed by atoms with van der Waals surface area (Å²) in [5, 5.41) is 0. The van der Waals surface area contributed by atoms with Gasteiger partial charge in [-0.2, -0.15) is 0 Å². The molecular weight excluding hydrogens is 332 g/mol. The highest BCUT2D eigenvalue weighted by molar-refractivity contribution is 9.10. The lowest BCUT2D eigenvalue weighted by Crippen LogP contribution is -2.29. The lowest BCUT2D eigenvalue weighted by atomic mass is 10.3. The normalized spacial score (nSPS) is 21.8. The Hall–Kier alpha value is -0.590. The summed E-state index contributed by atoms with van der Waals surface area (Å²) in [4.78, 5) is 16.6. The predicted octanol–water partition coefficient (Wildman–Crippen LogP) is 3.15. The van der Waals surface area contributed by atoms with Gasteiger partial charge in [-0.1, -0.05) is 27.7 Å². The fraction of sp³-hybridized carbons (Fsp3) is 0.250. The SMILES string of the molecule is CN(C)C=C1SC(S)N(c2ccc(Br)cc2)C1=O. The molecule has 1 saturated heterocycles. The van der Waals surface area contributed by atoms with Gasteiger partial charge in [-0.15, -0.1) is 12.6 Å². The third-order valence-corrected chi connectivity index (χ3v) is 4.39. The summed E-state index contributed by atoms with van der Waals surface area (Å²) in [5.41, 5.74) is 0.859. The Morgan fingerprint density at radius 1 is 1.39 bits per heavy atom. The minimum absolute atomic E-state index is 0.00368. The summed E-state index contributed by atoms with van der Waals surface area (Å²) in [6.07, 6.45) is 1.83. The van der Waals surface area contributed by atoms with Crippen LogP contribution in [0.25, 0.3) is 0 Å². The smallest absolute Gasteiger partial charge is 0.267 e. The molecule has 2 rings (SSSR count). The van der Waals surface area contributed by atoms with Gasteiger partial charge in [0.1, 0.15) is 4.71 Å². The van der Waals surface area contributed by atoms with Gasteiger partial charge in [0.25, 0.3) is 5.91 Å². The van der Waals surface area contributed by atoms with Gasteiger partial charge < -0.3 is 4.90 Å². The molecule has 1 aliphatic heterocycles. The number of amides is 1. The number of anilines is 1. The Morgan fingerprint density at radius 3 is 2.56 bits per heavy atom. The molecule has 1 aromatic rings. The number of hydrogen-bond donors (Lipinski definition) is 1. The predicted molar refractivity (Wildman–Crippen MR) is 83.8 cm³/mol. The number of halogens is 1. The minimum atomic E-state index is -0.176. The van der Waals surface area contributed by atoms with Gasteiger partial charge in [-0.05, 0) is 24.3 Å². The number of carbonyl (C=O) groups is 1. The fourth-order valence-electron chi connectivity index (χ4n) is 1.60. The summed E-state index contributed by atoms with van der Waals surface area (Å²) in [5.74, 6) is -0.00368. The number of nitrogens with zero attached hydrogens (tertiary/aromatic N) is 2. The van der Waals surface area contributed by atoms with Crippen LogP contribution >= 0.6 is 40.3 Å². The molecule has 1 unspecified atom stereocenters. The first kappa shape index (κ1) is 13.8. The zero-order valence-corrected chi connectivity index (χ0v) is 13.3. The first-order valence-electron chi connectivity index (χ1n) is 5.31. The second-order valence-corrected chi connectivity index (χ2v) is 6.93. The molecule has 1 aromatic carbocycles. The molecule has 0 aliphatic carbocycles. The molecule has 1 aliphatic rings. The Kier molecular flexibility index (Phi) is 4.29. The summed E-state index contributed by atoms with van der Waals surface area (Å²) in [6, 6.07) is 7.65. The van der Waals surface area contributed by atoms with E-state index >= 15 is 0 Å². The van der Waals surface area contributed by atoms with E-state index in [1.807, 2.05) is 49.5 Å². The fourth-order valence-corrected chi connectivity index (χ4v) is 3.47. The van der Waals surface area contributed by atoms with Crippen LogP contribution in [0.4, 0.5) is 5.69 Å². The number of benzene rings is 1. The quantitative estimate of drug-likeness (QED) is 0.658. The van der Waals surface area contributed by atoms with Crippen molar-refractivity contribution in [1.29, 1.82) is 0 Å². The van der Waals surface area contributed by atoms with Crippen LogP contribution in [0.15, 0.2) is 39.8 Å². The summed E-state index contributed by atoms with van der Waals surface area (Å²) < 4.78 is 0.815. The molecule has 1 atom stereocenters. The van der Waals surface area contributed by atoms with E-state index in [-0.39, 0.29) is 10.6 Å². The molecular formula is C12H13BrN2OS2. The molecule has 0 aromatic heterocycles. The highest BCUT2D eigenvalue weighted by atomic mass is 79.9. The minimum Gasteiger partial charge on any atom is -0.382 e.